The highest BCUT2D eigenvalue weighted by Crippen LogP contribution is 2.29. The van der Waals surface area contributed by atoms with Crippen molar-refractivity contribution in [2.24, 2.45) is 5.16 Å². The summed E-state index contributed by atoms with van der Waals surface area (Å²) < 4.78 is 5.36. The summed E-state index contributed by atoms with van der Waals surface area (Å²) in [4.78, 5) is 17.6. The third-order valence-electron chi connectivity index (χ3n) is 3.48. The molecule has 5 heteroatoms. The van der Waals surface area contributed by atoms with Gasteiger partial charge in [0, 0.05) is 6.42 Å². The van der Waals surface area contributed by atoms with Gasteiger partial charge in [-0.3, -0.25) is 0 Å². The minimum Gasteiger partial charge on any atom is -0.511 e. The van der Waals surface area contributed by atoms with E-state index in [4.69, 9.17) is 9.57 Å². The zero-order chi connectivity index (χ0) is 16.9. The monoisotopic (exact) mass is 317 g/mol. The Morgan fingerprint density at radius 1 is 1.35 bits per heavy atom. The van der Waals surface area contributed by atoms with Crippen molar-refractivity contribution in [3.8, 4) is 0 Å². The Morgan fingerprint density at radius 3 is 2.65 bits per heavy atom. The number of hydrogen-bond acceptors (Lipinski definition) is 5. The molecule has 0 spiro atoms. The van der Waals surface area contributed by atoms with Crippen LogP contribution in [0.2, 0.25) is 0 Å². The second-order valence-electron chi connectivity index (χ2n) is 6.19. The molecule has 0 fully saturated rings. The zero-order valence-electron chi connectivity index (χ0n) is 13.8. The molecule has 0 saturated heterocycles. The number of oxime groups is 1. The SMILES string of the molecule is CCCC(=NOCc1ccccc1)C1=C(O)CC(C)(C)OC1=O. The molecule has 1 N–H and O–H groups in total. The van der Waals surface area contributed by atoms with Crippen LogP contribution in [0.3, 0.4) is 0 Å². The Labute approximate surface area is 136 Å². The van der Waals surface area contributed by atoms with Crippen LogP contribution in [0.4, 0.5) is 0 Å². The van der Waals surface area contributed by atoms with Gasteiger partial charge in [-0.15, -0.1) is 0 Å². The summed E-state index contributed by atoms with van der Waals surface area (Å²) in [5.41, 5.74) is 0.853. The zero-order valence-corrected chi connectivity index (χ0v) is 13.8. The van der Waals surface area contributed by atoms with Crippen molar-refractivity contribution < 1.29 is 19.5 Å². The summed E-state index contributed by atoms with van der Waals surface area (Å²) in [6.45, 7) is 5.81. The summed E-state index contributed by atoms with van der Waals surface area (Å²) in [6.07, 6.45) is 1.58. The lowest BCUT2D eigenvalue weighted by Crippen LogP contribution is -2.36. The van der Waals surface area contributed by atoms with Crippen LogP contribution >= 0.6 is 0 Å². The van der Waals surface area contributed by atoms with Crippen molar-refractivity contribution in [1.82, 2.24) is 0 Å². The number of carbonyl (C=O) groups is 1. The van der Waals surface area contributed by atoms with E-state index in [2.05, 4.69) is 5.16 Å². The van der Waals surface area contributed by atoms with Crippen molar-refractivity contribution in [3.63, 3.8) is 0 Å². The van der Waals surface area contributed by atoms with Crippen LogP contribution in [0, 0.1) is 0 Å². The average Bonchev–Trinajstić information content (AvgIpc) is 2.46. The van der Waals surface area contributed by atoms with Crippen molar-refractivity contribution in [2.45, 2.75) is 52.2 Å². The molecule has 0 atom stereocenters. The largest absolute Gasteiger partial charge is 0.511 e. The fourth-order valence-corrected chi connectivity index (χ4v) is 2.44. The van der Waals surface area contributed by atoms with Crippen LogP contribution in [0.1, 0.15) is 45.6 Å². The van der Waals surface area contributed by atoms with Gasteiger partial charge in [-0.1, -0.05) is 48.8 Å². The van der Waals surface area contributed by atoms with Crippen LogP contribution in [0.25, 0.3) is 0 Å². The fraction of sp³-hybridized carbons (Fsp3) is 0.444. The Bertz CT molecular complexity index is 617. The number of benzene rings is 1. The summed E-state index contributed by atoms with van der Waals surface area (Å²) in [7, 11) is 0. The molecule has 0 bridgehead atoms. The van der Waals surface area contributed by atoms with E-state index < -0.39 is 11.6 Å². The van der Waals surface area contributed by atoms with Gasteiger partial charge in [-0.25, -0.2) is 4.79 Å². The first-order chi connectivity index (χ1) is 10.9. The predicted molar refractivity (Wildman–Crippen MR) is 88.0 cm³/mol. The molecule has 1 aromatic rings. The molecule has 0 aliphatic carbocycles. The maximum Gasteiger partial charge on any atom is 0.344 e. The molecular formula is C18H23NO4. The fourth-order valence-electron chi connectivity index (χ4n) is 2.44. The standard InChI is InChI=1S/C18H23NO4/c1-4-8-14(19-22-12-13-9-6-5-7-10-13)16-15(20)11-18(2,3)23-17(16)21/h5-7,9-10,20H,4,8,11-12H2,1-3H3. The second-order valence-corrected chi connectivity index (χ2v) is 6.19. The molecule has 124 valence electrons. The number of nitrogens with zero attached hydrogens (tertiary/aromatic N) is 1. The minimum absolute atomic E-state index is 0.0155. The van der Waals surface area contributed by atoms with Crippen LogP contribution in [0.15, 0.2) is 46.8 Å². The van der Waals surface area contributed by atoms with Gasteiger partial charge < -0.3 is 14.7 Å². The van der Waals surface area contributed by atoms with Gasteiger partial charge in [-0.05, 0) is 25.8 Å². The van der Waals surface area contributed by atoms with Crippen LogP contribution in [-0.2, 0) is 21.0 Å². The summed E-state index contributed by atoms with van der Waals surface area (Å²) >= 11 is 0. The first-order valence-corrected chi connectivity index (χ1v) is 7.81. The Balaban J connectivity index is 2.17. The molecule has 1 aliphatic heterocycles. The minimum atomic E-state index is -0.702. The quantitative estimate of drug-likeness (QED) is 0.491. The van der Waals surface area contributed by atoms with Crippen molar-refractivity contribution in [1.29, 1.82) is 0 Å². The number of aliphatic hydroxyl groups excluding tert-OH is 1. The molecule has 1 heterocycles. The summed E-state index contributed by atoms with van der Waals surface area (Å²) in [6, 6.07) is 9.64. The van der Waals surface area contributed by atoms with Gasteiger partial charge in [0.15, 0.2) is 0 Å². The molecule has 0 radical (unpaired) electrons. The van der Waals surface area contributed by atoms with Gasteiger partial charge >= 0.3 is 5.97 Å². The lowest BCUT2D eigenvalue weighted by molar-refractivity contribution is -0.153. The molecule has 0 saturated carbocycles. The summed E-state index contributed by atoms with van der Waals surface area (Å²) in [5, 5.41) is 14.3. The highest BCUT2D eigenvalue weighted by Gasteiger charge is 2.36. The van der Waals surface area contributed by atoms with E-state index in [9.17, 15) is 9.90 Å². The number of ether oxygens (including phenoxy) is 1. The van der Waals surface area contributed by atoms with E-state index in [0.29, 0.717) is 18.7 Å². The molecule has 23 heavy (non-hydrogen) atoms. The Hall–Kier alpha value is -2.30. The lowest BCUT2D eigenvalue weighted by atomic mass is 9.94. The number of rotatable bonds is 6. The molecular weight excluding hydrogens is 294 g/mol. The smallest absolute Gasteiger partial charge is 0.344 e. The summed E-state index contributed by atoms with van der Waals surface area (Å²) in [5.74, 6) is -0.531. The number of carbonyl (C=O) groups excluding carboxylic acids is 1. The maximum atomic E-state index is 12.2. The molecule has 1 aromatic carbocycles. The van der Waals surface area contributed by atoms with Crippen LogP contribution < -0.4 is 0 Å². The third-order valence-corrected chi connectivity index (χ3v) is 3.48. The van der Waals surface area contributed by atoms with Crippen LogP contribution in [-0.4, -0.2) is 22.4 Å². The van der Waals surface area contributed by atoms with E-state index in [1.807, 2.05) is 37.3 Å². The van der Waals surface area contributed by atoms with Crippen molar-refractivity contribution in [3.05, 3.63) is 47.2 Å². The van der Waals surface area contributed by atoms with E-state index in [-0.39, 0.29) is 17.8 Å². The van der Waals surface area contributed by atoms with E-state index in [1.165, 1.54) is 0 Å². The van der Waals surface area contributed by atoms with Gasteiger partial charge in [0.2, 0.25) is 0 Å². The van der Waals surface area contributed by atoms with Gasteiger partial charge in [0.05, 0.1) is 5.71 Å². The molecule has 0 aromatic heterocycles. The normalized spacial score (nSPS) is 17.9. The third kappa shape index (κ3) is 4.58. The molecule has 0 amide bonds. The first kappa shape index (κ1) is 17.1. The molecule has 5 nitrogen and oxygen atoms in total. The highest BCUT2D eigenvalue weighted by molar-refractivity contribution is 6.20. The van der Waals surface area contributed by atoms with E-state index >= 15 is 0 Å². The number of hydrogen-bond donors (Lipinski definition) is 1. The van der Waals surface area contributed by atoms with Gasteiger partial charge in [-0.2, -0.15) is 0 Å². The topological polar surface area (TPSA) is 68.1 Å². The predicted octanol–water partition coefficient (Wildman–Crippen LogP) is 3.90. The van der Waals surface area contributed by atoms with Crippen molar-refractivity contribution >= 4 is 11.7 Å². The number of esters is 1. The lowest BCUT2D eigenvalue weighted by Gasteiger charge is -2.30. The first-order valence-electron chi connectivity index (χ1n) is 7.81. The van der Waals surface area contributed by atoms with E-state index in [0.717, 1.165) is 12.0 Å². The van der Waals surface area contributed by atoms with Crippen molar-refractivity contribution in [2.75, 3.05) is 0 Å². The molecule has 0 unspecified atom stereocenters. The van der Waals surface area contributed by atoms with E-state index in [1.54, 1.807) is 13.8 Å². The Kier molecular flexibility index (Phi) is 5.42. The number of aliphatic hydroxyl groups is 1. The maximum absolute atomic E-state index is 12.2. The number of cyclic esters (lactones) is 1. The molecule has 1 aliphatic rings. The highest BCUT2D eigenvalue weighted by atomic mass is 16.6. The Morgan fingerprint density at radius 2 is 2.04 bits per heavy atom. The van der Waals surface area contributed by atoms with Gasteiger partial charge in [0.1, 0.15) is 23.5 Å². The van der Waals surface area contributed by atoms with Crippen LogP contribution in [0.5, 0.6) is 0 Å². The average molecular weight is 317 g/mol. The molecule has 2 rings (SSSR count). The second kappa shape index (κ2) is 7.31. The van der Waals surface area contributed by atoms with Gasteiger partial charge in [0.25, 0.3) is 0 Å².